The maximum Gasteiger partial charge on any atom is 0.328 e. The topological polar surface area (TPSA) is 118 Å². The molecule has 0 radical (unpaired) electrons. The minimum absolute atomic E-state index is 0.0668. The van der Waals surface area contributed by atoms with Gasteiger partial charge in [-0.25, -0.2) is 9.59 Å². The number of nitrogens with zero attached hydrogens (tertiary/aromatic N) is 3. The van der Waals surface area contributed by atoms with Crippen molar-refractivity contribution in [2.75, 3.05) is 44.7 Å². The van der Waals surface area contributed by atoms with Gasteiger partial charge in [0.05, 0.1) is 5.92 Å². The van der Waals surface area contributed by atoms with Crippen LogP contribution in [0.4, 0.5) is 5.69 Å². The minimum atomic E-state index is -1.26. The largest absolute Gasteiger partial charge is 0.478 e. The number of benzene rings is 2. The molecule has 1 atom stereocenters. The second-order valence-electron chi connectivity index (χ2n) is 11.1. The summed E-state index contributed by atoms with van der Waals surface area (Å²) in [4.78, 5) is 50.6. The number of fused-ring (bicyclic) bond motifs is 2. The number of carbonyl (C=O) groups excluding carboxylic acids is 2. The van der Waals surface area contributed by atoms with E-state index in [2.05, 4.69) is 29.2 Å². The summed E-state index contributed by atoms with van der Waals surface area (Å²) in [5.74, 6) is -2.60. The van der Waals surface area contributed by atoms with Crippen molar-refractivity contribution in [3.05, 3.63) is 77.9 Å². The molecule has 1 spiro atoms. The van der Waals surface area contributed by atoms with Crippen molar-refractivity contribution in [3.8, 4) is 0 Å². The summed E-state index contributed by atoms with van der Waals surface area (Å²) >= 11 is 0. The molecule has 2 saturated heterocycles. The summed E-state index contributed by atoms with van der Waals surface area (Å²) in [6.07, 6.45) is 7.39. The average Bonchev–Trinajstić information content (AvgIpc) is 3.51. The van der Waals surface area contributed by atoms with Crippen LogP contribution in [0.2, 0.25) is 0 Å². The summed E-state index contributed by atoms with van der Waals surface area (Å²) in [6.45, 7) is 4.50. The fraction of sp³-hybridized carbons (Fsp3) is 0.438. The zero-order chi connectivity index (χ0) is 29.4. The van der Waals surface area contributed by atoms with Gasteiger partial charge in [0.15, 0.2) is 0 Å². The lowest BCUT2D eigenvalue weighted by atomic mass is 9.74. The van der Waals surface area contributed by atoms with Crippen LogP contribution in [0, 0.1) is 5.92 Å². The molecule has 2 heterocycles. The summed E-state index contributed by atoms with van der Waals surface area (Å²) in [5.41, 5.74) is 4.48. The van der Waals surface area contributed by atoms with Crippen LogP contribution in [-0.2, 0) is 31.0 Å². The third kappa shape index (κ3) is 7.61. The van der Waals surface area contributed by atoms with Crippen molar-refractivity contribution in [1.29, 1.82) is 0 Å². The van der Waals surface area contributed by atoms with Crippen LogP contribution in [0.1, 0.15) is 43.2 Å². The zero-order valence-electron chi connectivity index (χ0n) is 23.6. The first-order valence-electron chi connectivity index (χ1n) is 14.2. The Labute approximate surface area is 241 Å². The van der Waals surface area contributed by atoms with Gasteiger partial charge in [0, 0.05) is 44.4 Å². The molecule has 9 nitrogen and oxygen atoms in total. The van der Waals surface area contributed by atoms with Crippen molar-refractivity contribution >= 4 is 29.4 Å². The van der Waals surface area contributed by atoms with Gasteiger partial charge in [0.25, 0.3) is 0 Å². The number of likely N-dealkylation sites (tertiary alicyclic amines) is 2. The summed E-state index contributed by atoms with van der Waals surface area (Å²) in [6, 6.07) is 19.0. The molecule has 0 saturated carbocycles. The predicted molar refractivity (Wildman–Crippen MR) is 156 cm³/mol. The number of aliphatic carboxylic acids is 2. The van der Waals surface area contributed by atoms with E-state index in [1.807, 2.05) is 35.2 Å². The van der Waals surface area contributed by atoms with Crippen LogP contribution in [0.15, 0.2) is 66.7 Å². The van der Waals surface area contributed by atoms with Gasteiger partial charge in [0.2, 0.25) is 11.8 Å². The van der Waals surface area contributed by atoms with Gasteiger partial charge < -0.3 is 24.9 Å². The molecule has 9 heteroatoms. The van der Waals surface area contributed by atoms with Crippen molar-refractivity contribution in [2.45, 2.75) is 43.9 Å². The fourth-order valence-electron chi connectivity index (χ4n) is 6.31. The van der Waals surface area contributed by atoms with Gasteiger partial charge in [-0.3, -0.25) is 9.59 Å². The predicted octanol–water partition coefficient (Wildman–Crippen LogP) is 3.58. The highest BCUT2D eigenvalue weighted by atomic mass is 16.4. The number of aryl methyl sites for hydroxylation is 1. The summed E-state index contributed by atoms with van der Waals surface area (Å²) in [5, 5.41) is 15.6. The molecule has 218 valence electrons. The van der Waals surface area contributed by atoms with E-state index in [4.69, 9.17) is 10.2 Å². The quantitative estimate of drug-likeness (QED) is 0.473. The van der Waals surface area contributed by atoms with E-state index in [-0.39, 0.29) is 17.7 Å². The molecule has 2 aromatic carbocycles. The van der Waals surface area contributed by atoms with Gasteiger partial charge in [-0.15, -0.1) is 0 Å². The molecule has 2 fully saturated rings. The Morgan fingerprint density at radius 3 is 2.20 bits per heavy atom. The van der Waals surface area contributed by atoms with Crippen LogP contribution < -0.4 is 4.90 Å². The highest BCUT2D eigenvalue weighted by molar-refractivity contribution is 5.99. The first kappa shape index (κ1) is 30.0. The van der Waals surface area contributed by atoms with Gasteiger partial charge >= 0.3 is 11.9 Å². The van der Waals surface area contributed by atoms with Crippen molar-refractivity contribution in [2.24, 2.45) is 5.92 Å². The molecule has 0 aromatic heterocycles. The lowest BCUT2D eigenvalue weighted by Gasteiger charge is -2.40. The number of para-hydroxylation sites is 1. The van der Waals surface area contributed by atoms with Crippen LogP contribution in [0.5, 0.6) is 0 Å². The maximum atomic E-state index is 13.3. The normalized spacial score (nSPS) is 19.6. The smallest absolute Gasteiger partial charge is 0.328 e. The Kier molecular flexibility index (Phi) is 9.94. The van der Waals surface area contributed by atoms with Crippen molar-refractivity contribution in [1.82, 2.24) is 9.80 Å². The Morgan fingerprint density at radius 1 is 0.951 bits per heavy atom. The molecule has 2 amide bonds. The maximum absolute atomic E-state index is 13.3. The number of carbonyl (C=O) groups is 4. The fourth-order valence-corrected chi connectivity index (χ4v) is 6.31. The van der Waals surface area contributed by atoms with Crippen LogP contribution in [0.3, 0.4) is 0 Å². The van der Waals surface area contributed by atoms with E-state index in [9.17, 15) is 19.2 Å². The Bertz CT molecular complexity index is 1250. The number of anilines is 1. The number of rotatable bonds is 8. The molecule has 2 aromatic rings. The Hall–Kier alpha value is -3.98. The lowest BCUT2D eigenvalue weighted by Crippen LogP contribution is -2.43. The summed E-state index contributed by atoms with van der Waals surface area (Å²) in [7, 11) is 1.79. The molecular formula is C32H39N3O6. The van der Waals surface area contributed by atoms with E-state index < -0.39 is 11.9 Å². The number of carboxylic acids is 2. The van der Waals surface area contributed by atoms with Crippen molar-refractivity contribution < 1.29 is 29.4 Å². The molecule has 5 rings (SSSR count). The van der Waals surface area contributed by atoms with Gasteiger partial charge in [0.1, 0.15) is 0 Å². The minimum Gasteiger partial charge on any atom is -0.478 e. The molecular weight excluding hydrogens is 522 g/mol. The second-order valence-corrected chi connectivity index (χ2v) is 11.1. The molecule has 1 aliphatic carbocycles. The number of carboxylic acid groups (broad SMARTS) is 2. The van der Waals surface area contributed by atoms with E-state index >= 15 is 0 Å². The van der Waals surface area contributed by atoms with E-state index in [0.717, 1.165) is 31.7 Å². The third-order valence-electron chi connectivity index (χ3n) is 8.52. The Balaban J connectivity index is 0.000000426. The lowest BCUT2D eigenvalue weighted by molar-refractivity contribution is -0.134. The SMILES string of the molecule is CN1CC(C(=O)N(CCCN2CCC3(CCc4ccccc43)CC2)c2ccccc2)CC1=O.O=C(O)/C=C/C(=O)O. The van der Waals surface area contributed by atoms with Crippen LogP contribution >= 0.6 is 0 Å². The monoisotopic (exact) mass is 561 g/mol. The number of amides is 2. The van der Waals surface area contributed by atoms with Crippen molar-refractivity contribution in [3.63, 3.8) is 0 Å². The van der Waals surface area contributed by atoms with Crippen LogP contribution in [0.25, 0.3) is 0 Å². The Morgan fingerprint density at radius 2 is 1.59 bits per heavy atom. The van der Waals surface area contributed by atoms with Gasteiger partial charge in [-0.05, 0) is 80.4 Å². The molecule has 41 heavy (non-hydrogen) atoms. The van der Waals surface area contributed by atoms with Gasteiger partial charge in [-0.2, -0.15) is 0 Å². The van der Waals surface area contributed by atoms with Gasteiger partial charge in [-0.1, -0.05) is 42.5 Å². The highest BCUT2D eigenvalue weighted by Gasteiger charge is 2.41. The van der Waals surface area contributed by atoms with E-state index in [1.165, 1.54) is 25.7 Å². The molecule has 3 aliphatic rings. The summed E-state index contributed by atoms with van der Waals surface area (Å²) < 4.78 is 0. The number of hydrogen-bond donors (Lipinski definition) is 2. The zero-order valence-corrected chi connectivity index (χ0v) is 23.6. The van der Waals surface area contributed by atoms with E-state index in [0.29, 0.717) is 37.1 Å². The standard InChI is InChI=1S/C28H35N3O2.C4H4O4/c1-29-21-23(20-26(29)32)27(33)31(24-9-3-2-4-10-24)17-7-16-30-18-14-28(15-19-30)13-12-22-8-5-6-11-25(22)28;5-3(6)1-2-4(7)8/h2-6,8-11,23H,7,12-21H2,1H3;1-2H,(H,5,6)(H,7,8)/b;2-1+. The number of piperidine rings is 1. The molecule has 1 unspecified atom stereocenters. The third-order valence-corrected chi connectivity index (χ3v) is 8.52. The average molecular weight is 562 g/mol. The number of hydrogen-bond acceptors (Lipinski definition) is 5. The second kappa shape index (κ2) is 13.6. The molecule has 2 N–H and O–H groups in total. The molecule has 2 aliphatic heterocycles. The highest BCUT2D eigenvalue weighted by Crippen LogP contribution is 2.46. The first-order chi connectivity index (χ1) is 19.7. The molecule has 0 bridgehead atoms. The van der Waals surface area contributed by atoms with E-state index in [1.54, 1.807) is 23.1 Å². The first-order valence-corrected chi connectivity index (χ1v) is 14.2. The van der Waals surface area contributed by atoms with Crippen LogP contribution in [-0.4, -0.2) is 83.5 Å².